The fourth-order valence-corrected chi connectivity index (χ4v) is 2.13. The third-order valence-corrected chi connectivity index (χ3v) is 3.35. The molecular formula is C15H24ClN3O. The topological polar surface area (TPSA) is 44.4 Å². The summed E-state index contributed by atoms with van der Waals surface area (Å²) in [4.78, 5) is 14.1. The summed E-state index contributed by atoms with van der Waals surface area (Å²) >= 11 is 5.86. The van der Waals surface area contributed by atoms with Gasteiger partial charge in [-0.05, 0) is 50.8 Å². The van der Waals surface area contributed by atoms with Crippen LogP contribution in [0.1, 0.15) is 20.3 Å². The third kappa shape index (κ3) is 6.89. The van der Waals surface area contributed by atoms with Crippen molar-refractivity contribution in [2.24, 2.45) is 0 Å². The molecule has 0 fully saturated rings. The van der Waals surface area contributed by atoms with Crippen LogP contribution in [0.25, 0.3) is 0 Å². The molecule has 0 atom stereocenters. The number of carbonyl (C=O) groups excluding carboxylic acids is 1. The SMILES string of the molecule is CCN(CC)CCCNCC(=O)Nc1cccc(Cl)c1. The molecule has 0 aliphatic heterocycles. The second-order valence-corrected chi connectivity index (χ2v) is 5.05. The monoisotopic (exact) mass is 297 g/mol. The number of hydrogen-bond donors (Lipinski definition) is 2. The van der Waals surface area contributed by atoms with Gasteiger partial charge in [0.25, 0.3) is 0 Å². The molecule has 1 amide bonds. The van der Waals surface area contributed by atoms with Gasteiger partial charge in [-0.15, -0.1) is 0 Å². The van der Waals surface area contributed by atoms with E-state index in [-0.39, 0.29) is 5.91 Å². The highest BCUT2D eigenvalue weighted by Gasteiger charge is 2.02. The van der Waals surface area contributed by atoms with Gasteiger partial charge in [-0.25, -0.2) is 0 Å². The summed E-state index contributed by atoms with van der Waals surface area (Å²) in [6.45, 7) is 8.71. The first-order chi connectivity index (χ1) is 9.65. The van der Waals surface area contributed by atoms with Crippen LogP contribution >= 0.6 is 11.6 Å². The van der Waals surface area contributed by atoms with Crippen LogP contribution in [-0.4, -0.2) is 43.5 Å². The van der Waals surface area contributed by atoms with E-state index in [0.29, 0.717) is 11.6 Å². The minimum absolute atomic E-state index is 0.0462. The van der Waals surface area contributed by atoms with Gasteiger partial charge in [0.2, 0.25) is 5.91 Å². The second kappa shape index (κ2) is 9.75. The molecule has 0 saturated carbocycles. The Hall–Kier alpha value is -1.10. The molecule has 1 rings (SSSR count). The maximum atomic E-state index is 11.7. The molecule has 4 nitrogen and oxygen atoms in total. The summed E-state index contributed by atoms with van der Waals surface area (Å²) in [5.41, 5.74) is 0.729. The van der Waals surface area contributed by atoms with Crippen molar-refractivity contribution in [1.29, 1.82) is 0 Å². The maximum Gasteiger partial charge on any atom is 0.238 e. The molecule has 1 aromatic rings. The highest BCUT2D eigenvalue weighted by Crippen LogP contribution is 2.14. The van der Waals surface area contributed by atoms with Crippen molar-refractivity contribution in [2.45, 2.75) is 20.3 Å². The van der Waals surface area contributed by atoms with Crippen molar-refractivity contribution in [2.75, 3.05) is 38.0 Å². The number of rotatable bonds is 9. The van der Waals surface area contributed by atoms with Crippen molar-refractivity contribution in [3.63, 3.8) is 0 Å². The highest BCUT2D eigenvalue weighted by atomic mass is 35.5. The summed E-state index contributed by atoms with van der Waals surface area (Å²) in [6, 6.07) is 7.15. The number of carbonyl (C=O) groups is 1. The number of benzene rings is 1. The molecule has 0 heterocycles. The molecular weight excluding hydrogens is 274 g/mol. The van der Waals surface area contributed by atoms with Crippen LogP contribution in [0, 0.1) is 0 Å². The lowest BCUT2D eigenvalue weighted by Crippen LogP contribution is -2.31. The molecule has 2 N–H and O–H groups in total. The molecule has 0 radical (unpaired) electrons. The lowest BCUT2D eigenvalue weighted by molar-refractivity contribution is -0.115. The van der Waals surface area contributed by atoms with Crippen molar-refractivity contribution in [3.05, 3.63) is 29.3 Å². The normalized spacial score (nSPS) is 10.8. The van der Waals surface area contributed by atoms with Gasteiger partial charge in [0, 0.05) is 10.7 Å². The molecule has 0 aliphatic carbocycles. The minimum atomic E-state index is -0.0462. The molecule has 0 bridgehead atoms. The van der Waals surface area contributed by atoms with Gasteiger partial charge in [0.05, 0.1) is 6.54 Å². The number of amides is 1. The number of nitrogens with zero attached hydrogens (tertiary/aromatic N) is 1. The van der Waals surface area contributed by atoms with Gasteiger partial charge in [0.1, 0.15) is 0 Å². The average molecular weight is 298 g/mol. The Bertz CT molecular complexity index is 408. The van der Waals surface area contributed by atoms with Gasteiger partial charge in [-0.1, -0.05) is 31.5 Å². The van der Waals surface area contributed by atoms with Crippen LogP contribution in [0.3, 0.4) is 0 Å². The number of nitrogens with one attached hydrogen (secondary N) is 2. The Morgan fingerprint density at radius 3 is 2.70 bits per heavy atom. The standard InChI is InChI=1S/C15H24ClN3O/c1-3-19(4-2)10-6-9-17-12-15(20)18-14-8-5-7-13(16)11-14/h5,7-8,11,17H,3-4,6,9-10,12H2,1-2H3,(H,18,20). The van der Waals surface area contributed by atoms with Gasteiger partial charge >= 0.3 is 0 Å². The number of hydrogen-bond acceptors (Lipinski definition) is 3. The Labute approximate surface area is 126 Å². The first-order valence-corrected chi connectivity index (χ1v) is 7.52. The molecule has 0 spiro atoms. The second-order valence-electron chi connectivity index (χ2n) is 4.62. The van der Waals surface area contributed by atoms with Crippen LogP contribution in [0.5, 0.6) is 0 Å². The van der Waals surface area contributed by atoms with Crippen LogP contribution < -0.4 is 10.6 Å². The first-order valence-electron chi connectivity index (χ1n) is 7.14. The lowest BCUT2D eigenvalue weighted by atomic mass is 10.3. The van der Waals surface area contributed by atoms with Crippen molar-refractivity contribution >= 4 is 23.2 Å². The van der Waals surface area contributed by atoms with Crippen molar-refractivity contribution < 1.29 is 4.79 Å². The van der Waals surface area contributed by atoms with Gasteiger partial charge in [-0.3, -0.25) is 4.79 Å². The zero-order valence-electron chi connectivity index (χ0n) is 12.3. The van der Waals surface area contributed by atoms with E-state index in [1.165, 1.54) is 0 Å². The summed E-state index contributed by atoms with van der Waals surface area (Å²) in [7, 11) is 0. The zero-order chi connectivity index (χ0) is 14.8. The predicted octanol–water partition coefficient (Wildman–Crippen LogP) is 2.60. The highest BCUT2D eigenvalue weighted by molar-refractivity contribution is 6.30. The smallest absolute Gasteiger partial charge is 0.238 e. The van der Waals surface area contributed by atoms with Crippen LogP contribution in [0.15, 0.2) is 24.3 Å². The quantitative estimate of drug-likeness (QED) is 0.689. The minimum Gasteiger partial charge on any atom is -0.325 e. The van der Waals surface area contributed by atoms with Crippen molar-refractivity contribution in [1.82, 2.24) is 10.2 Å². The Morgan fingerprint density at radius 2 is 2.05 bits per heavy atom. The summed E-state index contributed by atoms with van der Waals surface area (Å²) in [5, 5.41) is 6.58. The van der Waals surface area contributed by atoms with Gasteiger partial charge in [0.15, 0.2) is 0 Å². The van der Waals surface area contributed by atoms with Gasteiger partial charge < -0.3 is 15.5 Å². The molecule has 20 heavy (non-hydrogen) atoms. The molecule has 0 saturated heterocycles. The summed E-state index contributed by atoms with van der Waals surface area (Å²) < 4.78 is 0. The van der Waals surface area contributed by atoms with E-state index >= 15 is 0 Å². The van der Waals surface area contributed by atoms with E-state index in [4.69, 9.17) is 11.6 Å². The van der Waals surface area contributed by atoms with Crippen molar-refractivity contribution in [3.8, 4) is 0 Å². The molecule has 0 aromatic heterocycles. The molecule has 0 aliphatic rings. The van der Waals surface area contributed by atoms with E-state index in [0.717, 1.165) is 38.3 Å². The third-order valence-electron chi connectivity index (χ3n) is 3.12. The maximum absolute atomic E-state index is 11.7. The number of anilines is 1. The van der Waals surface area contributed by atoms with E-state index in [1.54, 1.807) is 12.1 Å². The average Bonchev–Trinajstić information content (AvgIpc) is 2.43. The summed E-state index contributed by atoms with van der Waals surface area (Å²) in [6.07, 6.45) is 1.05. The largest absolute Gasteiger partial charge is 0.325 e. The van der Waals surface area contributed by atoms with Crippen LogP contribution in [0.2, 0.25) is 5.02 Å². The van der Waals surface area contributed by atoms with E-state index < -0.39 is 0 Å². The molecule has 112 valence electrons. The zero-order valence-corrected chi connectivity index (χ0v) is 13.0. The fourth-order valence-electron chi connectivity index (χ4n) is 1.94. The first kappa shape index (κ1) is 17.0. The van der Waals surface area contributed by atoms with Crippen LogP contribution in [0.4, 0.5) is 5.69 Å². The van der Waals surface area contributed by atoms with E-state index in [2.05, 4.69) is 29.4 Å². The molecule has 1 aromatic carbocycles. The molecule has 5 heteroatoms. The van der Waals surface area contributed by atoms with E-state index in [1.807, 2.05) is 12.1 Å². The lowest BCUT2D eigenvalue weighted by Gasteiger charge is -2.17. The molecule has 0 unspecified atom stereocenters. The summed E-state index contributed by atoms with van der Waals surface area (Å²) in [5.74, 6) is -0.0462. The predicted molar refractivity (Wildman–Crippen MR) is 85.4 cm³/mol. The fraction of sp³-hybridized carbons (Fsp3) is 0.533. The van der Waals surface area contributed by atoms with E-state index in [9.17, 15) is 4.79 Å². The number of halogens is 1. The Kier molecular flexibility index (Phi) is 8.26. The van der Waals surface area contributed by atoms with Crippen LogP contribution in [-0.2, 0) is 4.79 Å². The Morgan fingerprint density at radius 1 is 1.30 bits per heavy atom. The van der Waals surface area contributed by atoms with Gasteiger partial charge in [-0.2, -0.15) is 0 Å². The Balaban J connectivity index is 2.14.